The smallest absolute Gasteiger partial charge is 0.334 e. The highest BCUT2D eigenvalue weighted by atomic mass is 32.2. The standard InChI is InChI=1S/C11H18N2O6S/c14-10(15)9-7-13(3-4-19-9)11(16)12-8-1-5-20(17,18)6-2-8/h8-9H,1-7H2,(H,12,16)(H,14,15). The minimum atomic E-state index is -2.96. The summed E-state index contributed by atoms with van der Waals surface area (Å²) in [6.07, 6.45) is -0.192. The van der Waals surface area contributed by atoms with Gasteiger partial charge in [-0.15, -0.1) is 0 Å². The second kappa shape index (κ2) is 5.96. The van der Waals surface area contributed by atoms with Crippen LogP contribution >= 0.6 is 0 Å². The Kier molecular flexibility index (Phi) is 4.48. The predicted molar refractivity (Wildman–Crippen MR) is 69.2 cm³/mol. The van der Waals surface area contributed by atoms with E-state index in [0.717, 1.165) is 0 Å². The second-order valence-corrected chi connectivity index (χ2v) is 7.32. The Morgan fingerprint density at radius 2 is 1.90 bits per heavy atom. The first-order valence-electron chi connectivity index (χ1n) is 6.48. The van der Waals surface area contributed by atoms with Gasteiger partial charge in [0.2, 0.25) is 0 Å². The monoisotopic (exact) mass is 306 g/mol. The van der Waals surface area contributed by atoms with Gasteiger partial charge >= 0.3 is 12.0 Å². The Balaban J connectivity index is 1.84. The lowest BCUT2D eigenvalue weighted by molar-refractivity contribution is -0.154. The maximum Gasteiger partial charge on any atom is 0.334 e. The number of carboxylic acids is 1. The van der Waals surface area contributed by atoms with Gasteiger partial charge in [-0.05, 0) is 12.8 Å². The first-order valence-corrected chi connectivity index (χ1v) is 8.30. The van der Waals surface area contributed by atoms with Crippen molar-refractivity contribution < 1.29 is 27.9 Å². The van der Waals surface area contributed by atoms with Crippen molar-refractivity contribution in [3.05, 3.63) is 0 Å². The third-order valence-corrected chi connectivity index (χ3v) is 5.23. The van der Waals surface area contributed by atoms with Crippen LogP contribution in [-0.4, -0.2) is 73.8 Å². The minimum absolute atomic E-state index is 0.00614. The highest BCUT2D eigenvalue weighted by Gasteiger charge is 2.31. The molecule has 0 bridgehead atoms. The van der Waals surface area contributed by atoms with Crippen LogP contribution < -0.4 is 5.32 Å². The fourth-order valence-electron chi connectivity index (χ4n) is 2.28. The molecule has 0 saturated carbocycles. The van der Waals surface area contributed by atoms with E-state index in [9.17, 15) is 18.0 Å². The van der Waals surface area contributed by atoms with Gasteiger partial charge in [-0.3, -0.25) is 0 Å². The lowest BCUT2D eigenvalue weighted by atomic mass is 10.1. The van der Waals surface area contributed by atoms with E-state index in [0.29, 0.717) is 19.4 Å². The molecule has 0 aromatic rings. The number of carbonyl (C=O) groups excluding carboxylic acids is 1. The molecule has 0 aromatic carbocycles. The van der Waals surface area contributed by atoms with Crippen LogP contribution in [0, 0.1) is 0 Å². The quantitative estimate of drug-likeness (QED) is 0.680. The molecule has 1 unspecified atom stereocenters. The Morgan fingerprint density at radius 1 is 1.25 bits per heavy atom. The number of hydrogen-bond donors (Lipinski definition) is 2. The van der Waals surface area contributed by atoms with Gasteiger partial charge in [0, 0.05) is 12.6 Å². The summed E-state index contributed by atoms with van der Waals surface area (Å²) in [6, 6.07) is -0.527. The summed E-state index contributed by atoms with van der Waals surface area (Å²) in [6.45, 7) is 0.524. The van der Waals surface area contributed by atoms with Crippen molar-refractivity contribution in [2.24, 2.45) is 0 Å². The zero-order valence-corrected chi connectivity index (χ0v) is 11.8. The van der Waals surface area contributed by atoms with E-state index < -0.39 is 21.9 Å². The molecule has 114 valence electrons. The van der Waals surface area contributed by atoms with E-state index in [1.54, 1.807) is 0 Å². The average Bonchev–Trinajstić information content (AvgIpc) is 2.41. The number of carbonyl (C=O) groups is 2. The summed E-state index contributed by atoms with van der Waals surface area (Å²) >= 11 is 0. The highest BCUT2D eigenvalue weighted by Crippen LogP contribution is 2.13. The van der Waals surface area contributed by atoms with Crippen molar-refractivity contribution in [2.75, 3.05) is 31.2 Å². The van der Waals surface area contributed by atoms with Crippen molar-refractivity contribution in [3.63, 3.8) is 0 Å². The Labute approximate surface area is 117 Å². The molecule has 2 heterocycles. The van der Waals surface area contributed by atoms with Crippen LogP contribution in [-0.2, 0) is 19.4 Å². The van der Waals surface area contributed by atoms with E-state index >= 15 is 0 Å². The summed E-state index contributed by atoms with van der Waals surface area (Å²) in [5.41, 5.74) is 0. The van der Waals surface area contributed by atoms with E-state index in [-0.39, 0.29) is 36.7 Å². The molecule has 2 saturated heterocycles. The lowest BCUT2D eigenvalue weighted by Gasteiger charge is -2.33. The number of rotatable bonds is 2. The molecule has 0 aliphatic carbocycles. The highest BCUT2D eigenvalue weighted by molar-refractivity contribution is 7.91. The molecule has 2 N–H and O–H groups in total. The van der Waals surface area contributed by atoms with E-state index in [4.69, 9.17) is 9.84 Å². The fraction of sp³-hybridized carbons (Fsp3) is 0.818. The number of hydrogen-bond acceptors (Lipinski definition) is 5. The molecule has 0 aromatic heterocycles. The molecule has 20 heavy (non-hydrogen) atoms. The van der Waals surface area contributed by atoms with Gasteiger partial charge in [-0.1, -0.05) is 0 Å². The molecule has 0 radical (unpaired) electrons. The van der Waals surface area contributed by atoms with Gasteiger partial charge in [0.05, 0.1) is 24.7 Å². The molecule has 2 rings (SSSR count). The van der Waals surface area contributed by atoms with Crippen LogP contribution in [0.2, 0.25) is 0 Å². The Morgan fingerprint density at radius 3 is 2.50 bits per heavy atom. The normalized spacial score (nSPS) is 27.0. The van der Waals surface area contributed by atoms with E-state index in [2.05, 4.69) is 5.32 Å². The van der Waals surface area contributed by atoms with E-state index in [1.807, 2.05) is 0 Å². The minimum Gasteiger partial charge on any atom is -0.479 e. The number of nitrogens with zero attached hydrogens (tertiary/aromatic N) is 1. The second-order valence-electron chi connectivity index (χ2n) is 5.02. The third kappa shape index (κ3) is 3.83. The average molecular weight is 306 g/mol. The number of aliphatic carboxylic acids is 1. The molecule has 2 aliphatic heterocycles. The molecule has 2 amide bonds. The molecule has 9 heteroatoms. The van der Waals surface area contributed by atoms with Crippen molar-refractivity contribution in [3.8, 4) is 0 Å². The summed E-state index contributed by atoms with van der Waals surface area (Å²) < 4.78 is 27.6. The van der Waals surface area contributed by atoms with Crippen molar-refractivity contribution in [2.45, 2.75) is 25.0 Å². The fourth-order valence-corrected chi connectivity index (χ4v) is 3.77. The molecule has 2 fully saturated rings. The number of morpholine rings is 1. The number of nitrogens with one attached hydrogen (secondary N) is 1. The summed E-state index contributed by atoms with van der Waals surface area (Å²) in [7, 11) is -2.96. The third-order valence-electron chi connectivity index (χ3n) is 3.51. The molecular formula is C11H18N2O6S. The largest absolute Gasteiger partial charge is 0.479 e. The SMILES string of the molecule is O=C(O)C1CN(C(=O)NC2CCS(=O)(=O)CC2)CCO1. The topological polar surface area (TPSA) is 113 Å². The van der Waals surface area contributed by atoms with Crippen LogP contribution in [0.5, 0.6) is 0 Å². The predicted octanol–water partition coefficient (Wildman–Crippen LogP) is -0.941. The van der Waals surface area contributed by atoms with Crippen LogP contribution in [0.4, 0.5) is 4.79 Å². The summed E-state index contributed by atoms with van der Waals surface area (Å²) in [5, 5.41) is 11.6. The van der Waals surface area contributed by atoms with Gasteiger partial charge in [0.1, 0.15) is 9.84 Å². The number of urea groups is 1. The molecule has 8 nitrogen and oxygen atoms in total. The number of sulfone groups is 1. The molecular weight excluding hydrogens is 288 g/mol. The van der Waals surface area contributed by atoms with Crippen molar-refractivity contribution in [1.82, 2.24) is 10.2 Å². The van der Waals surface area contributed by atoms with Crippen LogP contribution in [0.15, 0.2) is 0 Å². The number of amides is 2. The van der Waals surface area contributed by atoms with Crippen molar-refractivity contribution in [1.29, 1.82) is 0 Å². The molecule has 1 atom stereocenters. The molecule has 2 aliphatic rings. The Bertz CT molecular complexity index is 477. The zero-order valence-electron chi connectivity index (χ0n) is 10.9. The van der Waals surface area contributed by atoms with Crippen LogP contribution in [0.3, 0.4) is 0 Å². The number of ether oxygens (including phenoxy) is 1. The zero-order chi connectivity index (χ0) is 14.8. The van der Waals surface area contributed by atoms with Crippen LogP contribution in [0.25, 0.3) is 0 Å². The summed E-state index contributed by atoms with van der Waals surface area (Å²) in [5.74, 6) is -0.927. The maximum absolute atomic E-state index is 12.0. The lowest BCUT2D eigenvalue weighted by Crippen LogP contribution is -2.54. The first-order chi connectivity index (χ1) is 9.37. The molecule has 0 spiro atoms. The Hall–Kier alpha value is -1.35. The van der Waals surface area contributed by atoms with E-state index in [1.165, 1.54) is 4.90 Å². The summed E-state index contributed by atoms with van der Waals surface area (Å²) in [4.78, 5) is 24.2. The van der Waals surface area contributed by atoms with Gasteiger partial charge in [-0.2, -0.15) is 0 Å². The van der Waals surface area contributed by atoms with Gasteiger partial charge < -0.3 is 20.1 Å². The van der Waals surface area contributed by atoms with Gasteiger partial charge in [-0.25, -0.2) is 18.0 Å². The number of carboxylic acid groups (broad SMARTS) is 1. The first kappa shape index (κ1) is 15.0. The van der Waals surface area contributed by atoms with Gasteiger partial charge in [0.25, 0.3) is 0 Å². The van der Waals surface area contributed by atoms with Crippen molar-refractivity contribution >= 4 is 21.8 Å². The maximum atomic E-state index is 12.0. The van der Waals surface area contributed by atoms with Crippen LogP contribution in [0.1, 0.15) is 12.8 Å². The van der Waals surface area contributed by atoms with Gasteiger partial charge in [0.15, 0.2) is 6.10 Å².